The summed E-state index contributed by atoms with van der Waals surface area (Å²) >= 11 is 5.93. The van der Waals surface area contributed by atoms with Gasteiger partial charge in [-0.2, -0.15) is 0 Å². The molecule has 0 saturated heterocycles. The van der Waals surface area contributed by atoms with Gasteiger partial charge < -0.3 is 10.1 Å². The van der Waals surface area contributed by atoms with Crippen LogP contribution in [-0.2, 0) is 4.74 Å². The molecule has 1 amide bonds. The fourth-order valence-electron chi connectivity index (χ4n) is 1.78. The summed E-state index contributed by atoms with van der Waals surface area (Å²) in [6, 6.07) is 11.8. The van der Waals surface area contributed by atoms with Crippen LogP contribution < -0.4 is 5.32 Å². The third-order valence-electron chi connectivity index (χ3n) is 2.94. The van der Waals surface area contributed by atoms with E-state index < -0.39 is 5.97 Å². The number of hydrogen-bond acceptors (Lipinski definition) is 3. The lowest BCUT2D eigenvalue weighted by atomic mass is 10.1. The molecule has 0 aliphatic rings. The average molecular weight is 304 g/mol. The second kappa shape index (κ2) is 6.41. The van der Waals surface area contributed by atoms with Crippen molar-refractivity contribution in [3.05, 3.63) is 64.2 Å². The van der Waals surface area contributed by atoms with Crippen molar-refractivity contribution in [3.8, 4) is 0 Å². The van der Waals surface area contributed by atoms with Gasteiger partial charge in [0.25, 0.3) is 5.91 Å². The van der Waals surface area contributed by atoms with Crippen LogP contribution >= 0.6 is 11.6 Å². The van der Waals surface area contributed by atoms with Gasteiger partial charge in [0.2, 0.25) is 0 Å². The number of carbonyl (C=O) groups excluding carboxylic acids is 2. The Morgan fingerprint density at radius 1 is 1.10 bits per heavy atom. The Labute approximate surface area is 127 Å². The van der Waals surface area contributed by atoms with E-state index in [1.54, 1.807) is 24.3 Å². The van der Waals surface area contributed by atoms with Crippen LogP contribution in [0.15, 0.2) is 42.5 Å². The van der Waals surface area contributed by atoms with Gasteiger partial charge in [-0.25, -0.2) is 4.79 Å². The predicted octanol–water partition coefficient (Wildman–Crippen LogP) is 3.69. The quantitative estimate of drug-likeness (QED) is 0.880. The number of rotatable bonds is 3. The number of esters is 1. The van der Waals surface area contributed by atoms with Crippen molar-refractivity contribution in [2.45, 2.75) is 6.92 Å². The van der Waals surface area contributed by atoms with Gasteiger partial charge in [-0.05, 0) is 37.3 Å². The Balaban J connectivity index is 2.21. The summed E-state index contributed by atoms with van der Waals surface area (Å²) < 4.78 is 4.64. The molecular formula is C16H14ClNO3. The van der Waals surface area contributed by atoms with Crippen molar-refractivity contribution in [3.63, 3.8) is 0 Å². The highest BCUT2D eigenvalue weighted by Gasteiger charge is 2.13. The lowest BCUT2D eigenvalue weighted by Gasteiger charge is -2.08. The van der Waals surface area contributed by atoms with Crippen molar-refractivity contribution in [2.75, 3.05) is 12.4 Å². The highest BCUT2D eigenvalue weighted by Crippen LogP contribution is 2.22. The van der Waals surface area contributed by atoms with Crippen molar-refractivity contribution >= 4 is 29.2 Å². The minimum atomic E-state index is -0.550. The molecule has 0 aromatic heterocycles. The van der Waals surface area contributed by atoms with E-state index in [-0.39, 0.29) is 16.5 Å². The maximum Gasteiger partial charge on any atom is 0.339 e. The van der Waals surface area contributed by atoms with E-state index in [1.807, 2.05) is 19.1 Å². The summed E-state index contributed by atoms with van der Waals surface area (Å²) in [5.41, 5.74) is 2.30. The van der Waals surface area contributed by atoms with Crippen LogP contribution in [0.5, 0.6) is 0 Å². The highest BCUT2D eigenvalue weighted by atomic mass is 35.5. The molecule has 2 aromatic carbocycles. The van der Waals surface area contributed by atoms with Crippen LogP contribution in [0.1, 0.15) is 26.3 Å². The van der Waals surface area contributed by atoms with Crippen LogP contribution in [0.4, 0.5) is 5.69 Å². The fraction of sp³-hybridized carbons (Fsp3) is 0.125. The number of hydrogen-bond donors (Lipinski definition) is 1. The summed E-state index contributed by atoms with van der Waals surface area (Å²) in [5, 5.41) is 2.99. The van der Waals surface area contributed by atoms with Gasteiger partial charge >= 0.3 is 5.97 Å². The van der Waals surface area contributed by atoms with E-state index in [9.17, 15) is 9.59 Å². The highest BCUT2D eigenvalue weighted by molar-refractivity contribution is 6.33. The summed E-state index contributed by atoms with van der Waals surface area (Å²) in [6.07, 6.45) is 0. The van der Waals surface area contributed by atoms with Crippen LogP contribution in [0, 0.1) is 6.92 Å². The molecule has 0 aliphatic carbocycles. The molecule has 0 heterocycles. The number of anilines is 1. The maximum absolute atomic E-state index is 12.1. The Morgan fingerprint density at radius 2 is 1.76 bits per heavy atom. The molecule has 2 rings (SSSR count). The number of ether oxygens (including phenoxy) is 1. The third-order valence-corrected chi connectivity index (χ3v) is 3.27. The van der Waals surface area contributed by atoms with E-state index in [2.05, 4.69) is 10.1 Å². The zero-order valence-corrected chi connectivity index (χ0v) is 12.4. The number of nitrogens with one attached hydrogen (secondary N) is 1. The standard InChI is InChI=1S/C16H14ClNO3/c1-10-3-5-11(6-4-10)15(19)18-12-7-8-14(17)13(9-12)16(20)21-2/h3-9H,1-2H3,(H,18,19). The number of carbonyl (C=O) groups is 2. The molecule has 5 heteroatoms. The first-order chi connectivity index (χ1) is 10.0. The van der Waals surface area contributed by atoms with Crippen molar-refractivity contribution in [2.24, 2.45) is 0 Å². The monoisotopic (exact) mass is 303 g/mol. The van der Waals surface area contributed by atoms with E-state index in [0.29, 0.717) is 11.3 Å². The molecule has 4 nitrogen and oxygen atoms in total. The number of methoxy groups -OCH3 is 1. The summed E-state index contributed by atoms with van der Waals surface area (Å²) in [7, 11) is 1.27. The van der Waals surface area contributed by atoms with Gasteiger partial charge in [-0.1, -0.05) is 29.3 Å². The normalized spacial score (nSPS) is 10.0. The van der Waals surface area contributed by atoms with Crippen molar-refractivity contribution in [1.82, 2.24) is 0 Å². The smallest absolute Gasteiger partial charge is 0.339 e. The largest absolute Gasteiger partial charge is 0.465 e. The second-order valence-electron chi connectivity index (χ2n) is 4.51. The van der Waals surface area contributed by atoms with E-state index >= 15 is 0 Å². The predicted molar refractivity (Wildman–Crippen MR) is 81.9 cm³/mol. The molecule has 0 fully saturated rings. The summed E-state index contributed by atoms with van der Waals surface area (Å²) in [5.74, 6) is -0.806. The number of halogens is 1. The van der Waals surface area contributed by atoms with Gasteiger partial charge in [0, 0.05) is 11.3 Å². The first kappa shape index (κ1) is 15.1. The van der Waals surface area contributed by atoms with E-state index in [4.69, 9.17) is 11.6 Å². The molecule has 0 spiro atoms. The maximum atomic E-state index is 12.1. The Morgan fingerprint density at radius 3 is 2.38 bits per heavy atom. The number of amides is 1. The Hall–Kier alpha value is -2.33. The average Bonchev–Trinajstić information content (AvgIpc) is 2.49. The molecule has 0 unspecified atom stereocenters. The molecule has 0 aliphatic heterocycles. The summed E-state index contributed by atoms with van der Waals surface area (Å²) in [4.78, 5) is 23.7. The molecule has 2 aromatic rings. The van der Waals surface area contributed by atoms with E-state index in [0.717, 1.165) is 5.56 Å². The lowest BCUT2D eigenvalue weighted by molar-refractivity contribution is 0.0600. The Bertz CT molecular complexity index is 680. The number of benzene rings is 2. The fourth-order valence-corrected chi connectivity index (χ4v) is 1.97. The zero-order valence-electron chi connectivity index (χ0n) is 11.6. The minimum Gasteiger partial charge on any atom is -0.465 e. The molecule has 0 bridgehead atoms. The molecule has 108 valence electrons. The minimum absolute atomic E-state index is 0.209. The van der Waals surface area contributed by atoms with Gasteiger partial charge in [-0.15, -0.1) is 0 Å². The van der Waals surface area contributed by atoms with Gasteiger partial charge in [0.15, 0.2) is 0 Å². The molecular weight excluding hydrogens is 290 g/mol. The second-order valence-corrected chi connectivity index (χ2v) is 4.91. The van der Waals surface area contributed by atoms with Crippen LogP contribution in [0.25, 0.3) is 0 Å². The van der Waals surface area contributed by atoms with Gasteiger partial charge in [0.05, 0.1) is 17.7 Å². The van der Waals surface area contributed by atoms with Crippen LogP contribution in [0.2, 0.25) is 5.02 Å². The van der Waals surface area contributed by atoms with Crippen LogP contribution in [-0.4, -0.2) is 19.0 Å². The molecule has 21 heavy (non-hydrogen) atoms. The first-order valence-corrected chi connectivity index (χ1v) is 6.65. The summed E-state index contributed by atoms with van der Waals surface area (Å²) in [6.45, 7) is 1.95. The molecule has 1 N–H and O–H groups in total. The van der Waals surface area contributed by atoms with Crippen LogP contribution in [0.3, 0.4) is 0 Å². The Kier molecular flexibility index (Phi) is 4.60. The topological polar surface area (TPSA) is 55.4 Å². The number of aryl methyl sites for hydroxylation is 1. The first-order valence-electron chi connectivity index (χ1n) is 6.27. The molecule has 0 radical (unpaired) electrons. The molecule has 0 atom stereocenters. The third kappa shape index (κ3) is 3.61. The lowest BCUT2D eigenvalue weighted by Crippen LogP contribution is -2.12. The van der Waals surface area contributed by atoms with Crippen molar-refractivity contribution in [1.29, 1.82) is 0 Å². The molecule has 0 saturated carbocycles. The van der Waals surface area contributed by atoms with Gasteiger partial charge in [-0.3, -0.25) is 4.79 Å². The SMILES string of the molecule is COC(=O)c1cc(NC(=O)c2ccc(C)cc2)ccc1Cl. The van der Waals surface area contributed by atoms with Crippen molar-refractivity contribution < 1.29 is 14.3 Å². The van der Waals surface area contributed by atoms with Gasteiger partial charge in [0.1, 0.15) is 0 Å². The zero-order chi connectivity index (χ0) is 15.4. The van der Waals surface area contributed by atoms with E-state index in [1.165, 1.54) is 13.2 Å².